The van der Waals surface area contributed by atoms with Crippen LogP contribution in [0.1, 0.15) is 37.0 Å². The third-order valence-corrected chi connectivity index (χ3v) is 3.33. The molecule has 7 nitrogen and oxygen atoms in total. The maximum Gasteiger partial charge on any atom is 0.269 e. The number of nitrogens with zero attached hydrogens (tertiary/aromatic N) is 2. The van der Waals surface area contributed by atoms with Crippen LogP contribution in [0.3, 0.4) is 0 Å². The first-order valence-electron chi connectivity index (χ1n) is 5.84. The maximum atomic E-state index is 11.9. The molecule has 8 heteroatoms. The van der Waals surface area contributed by atoms with Gasteiger partial charge in [-0.25, -0.2) is 13.6 Å². The Morgan fingerprint density at radius 2 is 2.05 bits per heavy atom. The summed E-state index contributed by atoms with van der Waals surface area (Å²) < 4.78 is 23.0. The van der Waals surface area contributed by atoms with E-state index in [9.17, 15) is 13.2 Å². The van der Waals surface area contributed by atoms with Gasteiger partial charge in [0.05, 0.1) is 11.4 Å². The zero-order valence-corrected chi connectivity index (χ0v) is 12.4. The molecule has 1 rings (SSSR count). The Kier molecular flexibility index (Phi) is 4.36. The molecule has 0 saturated carbocycles. The number of aryl methyl sites for hydroxylation is 1. The van der Waals surface area contributed by atoms with Crippen LogP contribution in [0.4, 0.5) is 0 Å². The van der Waals surface area contributed by atoms with Gasteiger partial charge in [0.1, 0.15) is 5.69 Å². The van der Waals surface area contributed by atoms with E-state index in [1.165, 1.54) is 4.68 Å². The van der Waals surface area contributed by atoms with E-state index in [2.05, 4.69) is 10.4 Å². The summed E-state index contributed by atoms with van der Waals surface area (Å²) in [5.41, 5.74) is 1.03. The molecule has 1 aromatic heterocycles. The summed E-state index contributed by atoms with van der Waals surface area (Å²) in [5, 5.41) is 11.6. The number of sulfonamides is 1. The summed E-state index contributed by atoms with van der Waals surface area (Å²) in [6.45, 7) is 5.97. The number of nitrogens with one attached hydrogen (secondary N) is 1. The van der Waals surface area contributed by atoms with Crippen molar-refractivity contribution >= 4 is 15.9 Å². The summed E-state index contributed by atoms with van der Waals surface area (Å²) in [6, 6.07) is 1.70. The lowest BCUT2D eigenvalue weighted by Crippen LogP contribution is -2.32. The molecule has 0 aliphatic heterocycles. The molecule has 0 unspecified atom stereocenters. The summed E-state index contributed by atoms with van der Waals surface area (Å²) in [4.78, 5) is 11.9. The predicted octanol–water partition coefficient (Wildman–Crippen LogP) is -0.264. The highest BCUT2D eigenvalue weighted by atomic mass is 32.2. The Morgan fingerprint density at radius 3 is 2.47 bits per heavy atom. The van der Waals surface area contributed by atoms with E-state index in [0.717, 1.165) is 5.69 Å². The molecule has 0 fully saturated rings. The molecule has 0 aliphatic carbocycles. The van der Waals surface area contributed by atoms with Gasteiger partial charge in [-0.3, -0.25) is 9.48 Å². The van der Waals surface area contributed by atoms with E-state index in [0.29, 0.717) is 5.69 Å². The second kappa shape index (κ2) is 5.30. The molecule has 1 amide bonds. The molecule has 0 radical (unpaired) electrons. The van der Waals surface area contributed by atoms with E-state index in [4.69, 9.17) is 5.14 Å². The van der Waals surface area contributed by atoms with Crippen molar-refractivity contribution in [3.8, 4) is 0 Å². The molecule has 0 atom stereocenters. The Hall–Kier alpha value is -1.41. The highest BCUT2D eigenvalue weighted by Crippen LogP contribution is 2.21. The van der Waals surface area contributed by atoms with Crippen LogP contribution in [-0.4, -0.2) is 36.4 Å². The molecular formula is C11H20N4O3S. The summed E-state index contributed by atoms with van der Waals surface area (Å²) >= 11 is 0. The molecule has 1 aromatic rings. The first-order valence-corrected chi connectivity index (χ1v) is 7.55. The predicted molar refractivity (Wildman–Crippen MR) is 72.2 cm³/mol. The Labute approximate surface area is 113 Å². The van der Waals surface area contributed by atoms with Gasteiger partial charge in [0.15, 0.2) is 0 Å². The van der Waals surface area contributed by atoms with Gasteiger partial charge in [-0.2, -0.15) is 5.10 Å². The van der Waals surface area contributed by atoms with Gasteiger partial charge in [0, 0.05) is 19.0 Å². The molecule has 0 spiro atoms. The van der Waals surface area contributed by atoms with Crippen LogP contribution in [0, 0.1) is 0 Å². The van der Waals surface area contributed by atoms with Crippen molar-refractivity contribution < 1.29 is 13.2 Å². The SMILES string of the molecule is Cn1nc(C(C)(C)C)cc1C(=O)NCCS(N)(=O)=O. The number of rotatable bonds is 4. The highest BCUT2D eigenvalue weighted by Gasteiger charge is 2.21. The number of carbonyl (C=O) groups is 1. The van der Waals surface area contributed by atoms with Gasteiger partial charge >= 0.3 is 0 Å². The topological polar surface area (TPSA) is 107 Å². The molecule has 19 heavy (non-hydrogen) atoms. The third-order valence-electron chi connectivity index (χ3n) is 2.55. The molecule has 0 aliphatic rings. The van der Waals surface area contributed by atoms with Gasteiger partial charge < -0.3 is 5.32 Å². The first kappa shape index (κ1) is 15.6. The smallest absolute Gasteiger partial charge is 0.269 e. The van der Waals surface area contributed by atoms with Crippen LogP contribution in [0.5, 0.6) is 0 Å². The van der Waals surface area contributed by atoms with E-state index in [-0.39, 0.29) is 23.6 Å². The number of aromatic nitrogens is 2. The third kappa shape index (κ3) is 4.64. The fourth-order valence-corrected chi connectivity index (χ4v) is 1.83. The minimum absolute atomic E-state index is 0.0201. The van der Waals surface area contributed by atoms with E-state index in [1.54, 1.807) is 13.1 Å². The fourth-order valence-electron chi connectivity index (χ4n) is 1.44. The zero-order valence-electron chi connectivity index (χ0n) is 11.6. The minimum Gasteiger partial charge on any atom is -0.350 e. The average Bonchev–Trinajstić information content (AvgIpc) is 2.57. The second-order valence-electron chi connectivity index (χ2n) is 5.41. The summed E-state index contributed by atoms with van der Waals surface area (Å²) in [7, 11) is -1.90. The zero-order chi connectivity index (χ0) is 14.8. The van der Waals surface area contributed by atoms with Crippen LogP contribution >= 0.6 is 0 Å². The standard InChI is InChI=1S/C11H20N4O3S/c1-11(2,3)9-7-8(15(4)14-9)10(16)13-5-6-19(12,17)18/h7H,5-6H2,1-4H3,(H,13,16)(H2,12,17,18). The number of nitrogens with two attached hydrogens (primary N) is 1. The van der Waals surface area contributed by atoms with Crippen molar-refractivity contribution in [2.75, 3.05) is 12.3 Å². The number of carbonyl (C=O) groups excluding carboxylic acids is 1. The molecule has 3 N–H and O–H groups in total. The largest absolute Gasteiger partial charge is 0.350 e. The first-order chi connectivity index (χ1) is 8.50. The van der Waals surface area contributed by atoms with Crippen molar-refractivity contribution in [3.63, 3.8) is 0 Å². The second-order valence-corrected chi connectivity index (χ2v) is 7.15. The fraction of sp³-hybridized carbons (Fsp3) is 0.636. The van der Waals surface area contributed by atoms with Crippen molar-refractivity contribution in [2.24, 2.45) is 12.2 Å². The van der Waals surface area contributed by atoms with Gasteiger partial charge in [0.2, 0.25) is 10.0 Å². The molecule has 108 valence electrons. The lowest BCUT2D eigenvalue weighted by molar-refractivity contribution is 0.0947. The number of hydrogen-bond acceptors (Lipinski definition) is 4. The Balaban J connectivity index is 2.76. The van der Waals surface area contributed by atoms with E-state index >= 15 is 0 Å². The van der Waals surface area contributed by atoms with Gasteiger partial charge in [-0.1, -0.05) is 20.8 Å². The van der Waals surface area contributed by atoms with Gasteiger partial charge in [-0.15, -0.1) is 0 Å². The van der Waals surface area contributed by atoms with Gasteiger partial charge in [-0.05, 0) is 6.07 Å². The normalized spacial score (nSPS) is 12.5. The Morgan fingerprint density at radius 1 is 1.47 bits per heavy atom. The average molecular weight is 288 g/mol. The van der Waals surface area contributed by atoms with Crippen LogP contribution in [0.2, 0.25) is 0 Å². The van der Waals surface area contributed by atoms with Crippen molar-refractivity contribution in [3.05, 3.63) is 17.5 Å². The lowest BCUT2D eigenvalue weighted by Gasteiger charge is -2.13. The lowest BCUT2D eigenvalue weighted by atomic mass is 9.92. The number of primary sulfonamides is 1. The van der Waals surface area contributed by atoms with Crippen LogP contribution in [0.15, 0.2) is 6.07 Å². The maximum absolute atomic E-state index is 11.9. The number of amides is 1. The molecule has 0 saturated heterocycles. The molecule has 1 heterocycles. The van der Waals surface area contributed by atoms with Crippen molar-refractivity contribution in [2.45, 2.75) is 26.2 Å². The summed E-state index contributed by atoms with van der Waals surface area (Å²) in [5.74, 6) is -0.655. The number of hydrogen-bond donors (Lipinski definition) is 2. The quantitative estimate of drug-likeness (QED) is 0.795. The van der Waals surface area contributed by atoms with E-state index in [1.807, 2.05) is 20.8 Å². The molecule has 0 bridgehead atoms. The van der Waals surface area contributed by atoms with Crippen molar-refractivity contribution in [1.82, 2.24) is 15.1 Å². The monoisotopic (exact) mass is 288 g/mol. The highest BCUT2D eigenvalue weighted by molar-refractivity contribution is 7.89. The van der Waals surface area contributed by atoms with Crippen LogP contribution < -0.4 is 10.5 Å². The summed E-state index contributed by atoms with van der Waals surface area (Å²) in [6.07, 6.45) is 0. The van der Waals surface area contributed by atoms with Crippen LogP contribution in [0.25, 0.3) is 0 Å². The van der Waals surface area contributed by atoms with Crippen LogP contribution in [-0.2, 0) is 22.5 Å². The minimum atomic E-state index is -3.57. The van der Waals surface area contributed by atoms with E-state index < -0.39 is 10.0 Å². The molecular weight excluding hydrogens is 268 g/mol. The Bertz CT molecular complexity index is 569. The van der Waals surface area contributed by atoms with Crippen molar-refractivity contribution in [1.29, 1.82) is 0 Å². The van der Waals surface area contributed by atoms with Gasteiger partial charge in [0.25, 0.3) is 5.91 Å². The molecule has 0 aromatic carbocycles.